The van der Waals surface area contributed by atoms with Gasteiger partial charge in [0.05, 0.1) is 16.9 Å². The molecule has 1 fully saturated rings. The molecular weight excluding hydrogens is 191 g/mol. The van der Waals surface area contributed by atoms with Crippen molar-refractivity contribution in [2.24, 2.45) is 0 Å². The highest BCUT2D eigenvalue weighted by atomic mass is 19.1. The van der Waals surface area contributed by atoms with Gasteiger partial charge in [0.2, 0.25) is 0 Å². The van der Waals surface area contributed by atoms with Crippen molar-refractivity contribution in [1.82, 2.24) is 0 Å². The van der Waals surface area contributed by atoms with Gasteiger partial charge in [-0.15, -0.1) is 0 Å². The minimum absolute atomic E-state index is 0.106. The van der Waals surface area contributed by atoms with Gasteiger partial charge >= 0.3 is 0 Å². The fourth-order valence-electron chi connectivity index (χ4n) is 2.73. The predicted octanol–water partition coefficient (Wildman–Crippen LogP) is 2.98. The first-order chi connectivity index (χ1) is 7.29. The quantitative estimate of drug-likeness (QED) is 0.682. The molecule has 0 radical (unpaired) electrons. The molecule has 2 aliphatic rings. The molecule has 2 N–H and O–H groups in total. The molecule has 2 nitrogen and oxygen atoms in total. The van der Waals surface area contributed by atoms with Crippen LogP contribution in [0.3, 0.4) is 0 Å². The van der Waals surface area contributed by atoms with Crippen LogP contribution in [0.1, 0.15) is 25.7 Å². The SMILES string of the molecule is Fc1cccc2c1NC1(CCCC1)CN2. The van der Waals surface area contributed by atoms with Crippen molar-refractivity contribution in [3.8, 4) is 0 Å². The Kier molecular flexibility index (Phi) is 1.87. The summed E-state index contributed by atoms with van der Waals surface area (Å²) >= 11 is 0. The molecule has 3 rings (SSSR count). The van der Waals surface area contributed by atoms with Gasteiger partial charge in [-0.1, -0.05) is 18.9 Å². The Hall–Kier alpha value is -1.25. The van der Waals surface area contributed by atoms with Gasteiger partial charge in [0, 0.05) is 6.54 Å². The Labute approximate surface area is 88.9 Å². The van der Waals surface area contributed by atoms with Crippen LogP contribution in [0.25, 0.3) is 0 Å². The summed E-state index contributed by atoms with van der Waals surface area (Å²) in [6.45, 7) is 0.920. The lowest BCUT2D eigenvalue weighted by molar-refractivity contribution is 0.492. The number of anilines is 2. The maximum Gasteiger partial charge on any atom is 0.148 e. The number of benzene rings is 1. The lowest BCUT2D eigenvalue weighted by atomic mass is 9.94. The standard InChI is InChI=1S/C12H15FN2/c13-9-4-3-5-10-11(9)15-12(8-14-10)6-1-2-7-12/h3-5,14-15H,1-2,6-8H2. The third-order valence-corrected chi connectivity index (χ3v) is 3.58. The summed E-state index contributed by atoms with van der Waals surface area (Å²) in [5, 5.41) is 6.74. The topological polar surface area (TPSA) is 24.1 Å². The van der Waals surface area contributed by atoms with Crippen LogP contribution in [0.5, 0.6) is 0 Å². The first-order valence-electron chi connectivity index (χ1n) is 5.60. The van der Waals surface area contributed by atoms with E-state index in [9.17, 15) is 4.39 Å². The molecule has 15 heavy (non-hydrogen) atoms. The first-order valence-corrected chi connectivity index (χ1v) is 5.60. The monoisotopic (exact) mass is 206 g/mol. The van der Waals surface area contributed by atoms with Crippen LogP contribution in [0.15, 0.2) is 18.2 Å². The molecule has 0 bridgehead atoms. The van der Waals surface area contributed by atoms with Gasteiger partial charge in [-0.3, -0.25) is 0 Å². The average Bonchev–Trinajstić information content (AvgIpc) is 2.68. The van der Waals surface area contributed by atoms with Crippen LogP contribution in [0.4, 0.5) is 15.8 Å². The summed E-state index contributed by atoms with van der Waals surface area (Å²) in [4.78, 5) is 0. The second-order valence-corrected chi connectivity index (χ2v) is 4.63. The van der Waals surface area contributed by atoms with E-state index in [1.807, 2.05) is 6.07 Å². The van der Waals surface area contributed by atoms with E-state index in [4.69, 9.17) is 0 Å². The van der Waals surface area contributed by atoms with Gasteiger partial charge in [-0.25, -0.2) is 4.39 Å². The van der Waals surface area contributed by atoms with Gasteiger partial charge in [-0.05, 0) is 25.0 Å². The van der Waals surface area contributed by atoms with Crippen LogP contribution >= 0.6 is 0 Å². The molecule has 0 aromatic heterocycles. The molecule has 1 aromatic rings. The number of rotatable bonds is 0. The summed E-state index contributed by atoms with van der Waals surface area (Å²) in [6, 6.07) is 5.18. The van der Waals surface area contributed by atoms with E-state index in [1.165, 1.54) is 18.9 Å². The van der Waals surface area contributed by atoms with Crippen molar-refractivity contribution in [2.45, 2.75) is 31.2 Å². The molecule has 1 aliphatic carbocycles. The highest BCUT2D eigenvalue weighted by molar-refractivity contribution is 5.72. The van der Waals surface area contributed by atoms with Crippen LogP contribution in [0, 0.1) is 5.82 Å². The normalized spacial score (nSPS) is 21.9. The highest BCUT2D eigenvalue weighted by Gasteiger charge is 2.37. The molecule has 3 heteroatoms. The summed E-state index contributed by atoms with van der Waals surface area (Å²) in [5.41, 5.74) is 1.66. The number of hydrogen-bond acceptors (Lipinski definition) is 2. The van der Waals surface area contributed by atoms with Crippen LogP contribution < -0.4 is 10.6 Å². The zero-order chi connectivity index (χ0) is 10.3. The van der Waals surface area contributed by atoms with E-state index in [0.717, 1.165) is 25.1 Å². The second kappa shape index (κ2) is 3.12. The molecule has 0 unspecified atom stereocenters. The molecule has 1 aliphatic heterocycles. The molecule has 1 heterocycles. The third kappa shape index (κ3) is 1.37. The molecule has 80 valence electrons. The van der Waals surface area contributed by atoms with Gasteiger partial charge < -0.3 is 10.6 Å². The molecule has 0 saturated heterocycles. The Bertz CT molecular complexity index is 383. The van der Waals surface area contributed by atoms with E-state index in [-0.39, 0.29) is 11.4 Å². The Morgan fingerprint density at radius 3 is 2.80 bits per heavy atom. The van der Waals surface area contributed by atoms with E-state index >= 15 is 0 Å². The van der Waals surface area contributed by atoms with E-state index < -0.39 is 0 Å². The molecule has 1 aromatic carbocycles. The summed E-state index contributed by atoms with van der Waals surface area (Å²) in [5.74, 6) is -0.147. The number of nitrogens with one attached hydrogen (secondary N) is 2. The average molecular weight is 206 g/mol. The van der Waals surface area contributed by atoms with E-state index in [1.54, 1.807) is 6.07 Å². The lowest BCUT2D eigenvalue weighted by Crippen LogP contribution is -2.45. The Morgan fingerprint density at radius 1 is 1.20 bits per heavy atom. The van der Waals surface area contributed by atoms with Gasteiger partial charge in [0.15, 0.2) is 0 Å². The lowest BCUT2D eigenvalue weighted by Gasteiger charge is -2.37. The van der Waals surface area contributed by atoms with Crippen LogP contribution in [0.2, 0.25) is 0 Å². The molecule has 1 spiro atoms. The van der Waals surface area contributed by atoms with Crippen molar-refractivity contribution >= 4 is 11.4 Å². The second-order valence-electron chi connectivity index (χ2n) is 4.63. The molecule has 1 saturated carbocycles. The number of hydrogen-bond donors (Lipinski definition) is 2. The molecular formula is C12H15FN2. The van der Waals surface area contributed by atoms with E-state index in [2.05, 4.69) is 10.6 Å². The van der Waals surface area contributed by atoms with Crippen molar-refractivity contribution in [2.75, 3.05) is 17.2 Å². The number of halogens is 1. The third-order valence-electron chi connectivity index (χ3n) is 3.58. The Morgan fingerprint density at radius 2 is 2.00 bits per heavy atom. The van der Waals surface area contributed by atoms with Gasteiger partial charge in [0.25, 0.3) is 0 Å². The zero-order valence-electron chi connectivity index (χ0n) is 8.65. The van der Waals surface area contributed by atoms with Crippen LogP contribution in [-0.4, -0.2) is 12.1 Å². The largest absolute Gasteiger partial charge is 0.381 e. The first kappa shape index (κ1) is 9.01. The molecule has 0 amide bonds. The van der Waals surface area contributed by atoms with E-state index in [0.29, 0.717) is 5.69 Å². The highest BCUT2D eigenvalue weighted by Crippen LogP contribution is 2.40. The Balaban J connectivity index is 1.98. The van der Waals surface area contributed by atoms with Crippen molar-refractivity contribution in [3.05, 3.63) is 24.0 Å². The van der Waals surface area contributed by atoms with Crippen molar-refractivity contribution < 1.29 is 4.39 Å². The fourth-order valence-corrected chi connectivity index (χ4v) is 2.73. The smallest absolute Gasteiger partial charge is 0.148 e. The van der Waals surface area contributed by atoms with Crippen molar-refractivity contribution in [3.63, 3.8) is 0 Å². The summed E-state index contributed by atoms with van der Waals surface area (Å²) < 4.78 is 13.6. The predicted molar refractivity (Wildman–Crippen MR) is 59.7 cm³/mol. The molecule has 0 atom stereocenters. The summed E-state index contributed by atoms with van der Waals surface area (Å²) in [6.07, 6.45) is 4.79. The van der Waals surface area contributed by atoms with Crippen molar-refractivity contribution in [1.29, 1.82) is 0 Å². The summed E-state index contributed by atoms with van der Waals surface area (Å²) in [7, 11) is 0. The minimum Gasteiger partial charge on any atom is -0.381 e. The maximum atomic E-state index is 13.6. The van der Waals surface area contributed by atoms with Gasteiger partial charge in [-0.2, -0.15) is 0 Å². The van der Waals surface area contributed by atoms with Crippen LogP contribution in [-0.2, 0) is 0 Å². The fraction of sp³-hybridized carbons (Fsp3) is 0.500. The minimum atomic E-state index is -0.147. The zero-order valence-corrected chi connectivity index (χ0v) is 8.65. The number of para-hydroxylation sites is 1. The van der Waals surface area contributed by atoms with Gasteiger partial charge in [0.1, 0.15) is 5.82 Å². The maximum absolute atomic E-state index is 13.6. The number of fused-ring (bicyclic) bond motifs is 1.